The highest BCUT2D eigenvalue weighted by Gasteiger charge is 2.22. The van der Waals surface area contributed by atoms with E-state index in [-0.39, 0.29) is 24.1 Å². The summed E-state index contributed by atoms with van der Waals surface area (Å²) in [6, 6.07) is 6.33. The molecule has 2 amide bonds. The standard InChI is InChI=1S/C15H23ClN2O2/c1-10(15(2,3)4)17-14(20)18-13(9-19)11-5-7-12(16)8-6-11/h5-8,10,13,19H,9H2,1-4H3,(H2,17,18,20). The smallest absolute Gasteiger partial charge is 0.315 e. The molecule has 20 heavy (non-hydrogen) atoms. The van der Waals surface area contributed by atoms with E-state index in [9.17, 15) is 9.90 Å². The lowest BCUT2D eigenvalue weighted by Crippen LogP contribution is -2.47. The molecule has 0 saturated heterocycles. The molecule has 0 saturated carbocycles. The zero-order chi connectivity index (χ0) is 15.3. The Hall–Kier alpha value is -1.26. The molecule has 0 spiro atoms. The van der Waals surface area contributed by atoms with Crippen LogP contribution in [-0.4, -0.2) is 23.8 Å². The first kappa shape index (κ1) is 16.8. The van der Waals surface area contributed by atoms with Crippen molar-refractivity contribution in [3.8, 4) is 0 Å². The Balaban J connectivity index is 2.65. The lowest BCUT2D eigenvalue weighted by molar-refractivity contribution is 0.204. The Kier molecular flexibility index (Phi) is 5.84. The second-order valence-corrected chi connectivity index (χ2v) is 6.43. The number of nitrogens with one attached hydrogen (secondary N) is 2. The van der Waals surface area contributed by atoms with Gasteiger partial charge in [0.1, 0.15) is 0 Å². The van der Waals surface area contributed by atoms with E-state index in [1.807, 2.05) is 6.92 Å². The quantitative estimate of drug-likeness (QED) is 0.800. The Bertz CT molecular complexity index is 440. The molecular formula is C15H23ClN2O2. The average Bonchev–Trinajstić information content (AvgIpc) is 2.36. The minimum Gasteiger partial charge on any atom is -0.394 e. The Labute approximate surface area is 125 Å². The van der Waals surface area contributed by atoms with E-state index in [4.69, 9.17) is 11.6 Å². The number of rotatable bonds is 4. The first-order chi connectivity index (χ1) is 9.24. The van der Waals surface area contributed by atoms with Gasteiger partial charge in [-0.05, 0) is 30.0 Å². The summed E-state index contributed by atoms with van der Waals surface area (Å²) < 4.78 is 0. The number of carbonyl (C=O) groups is 1. The van der Waals surface area contributed by atoms with Gasteiger partial charge in [-0.25, -0.2) is 4.79 Å². The predicted molar refractivity (Wildman–Crippen MR) is 81.9 cm³/mol. The molecule has 0 aliphatic heterocycles. The van der Waals surface area contributed by atoms with Gasteiger partial charge in [-0.1, -0.05) is 44.5 Å². The summed E-state index contributed by atoms with van der Waals surface area (Å²) in [6.45, 7) is 7.96. The van der Waals surface area contributed by atoms with Crippen molar-refractivity contribution in [2.45, 2.75) is 39.8 Å². The molecule has 0 fully saturated rings. The highest BCUT2D eigenvalue weighted by molar-refractivity contribution is 6.30. The number of benzene rings is 1. The number of halogens is 1. The zero-order valence-electron chi connectivity index (χ0n) is 12.4. The molecule has 5 heteroatoms. The van der Waals surface area contributed by atoms with Crippen LogP contribution in [0.3, 0.4) is 0 Å². The van der Waals surface area contributed by atoms with Crippen LogP contribution in [0, 0.1) is 5.41 Å². The third-order valence-electron chi connectivity index (χ3n) is 3.41. The summed E-state index contributed by atoms with van der Waals surface area (Å²) >= 11 is 5.82. The van der Waals surface area contributed by atoms with Crippen molar-refractivity contribution < 1.29 is 9.90 Å². The van der Waals surface area contributed by atoms with Gasteiger partial charge in [0.2, 0.25) is 0 Å². The monoisotopic (exact) mass is 298 g/mol. The lowest BCUT2D eigenvalue weighted by Gasteiger charge is -2.29. The van der Waals surface area contributed by atoms with Gasteiger partial charge in [0.25, 0.3) is 0 Å². The van der Waals surface area contributed by atoms with Gasteiger partial charge in [-0.3, -0.25) is 0 Å². The number of amides is 2. The molecule has 0 radical (unpaired) electrons. The van der Waals surface area contributed by atoms with Crippen LogP contribution in [0.25, 0.3) is 0 Å². The first-order valence-electron chi connectivity index (χ1n) is 6.67. The summed E-state index contributed by atoms with van der Waals surface area (Å²) in [5.41, 5.74) is 0.794. The van der Waals surface area contributed by atoms with Crippen molar-refractivity contribution in [1.82, 2.24) is 10.6 Å². The molecule has 1 aromatic rings. The molecule has 1 rings (SSSR count). The van der Waals surface area contributed by atoms with Gasteiger partial charge < -0.3 is 15.7 Å². The van der Waals surface area contributed by atoms with Crippen molar-refractivity contribution in [3.63, 3.8) is 0 Å². The van der Waals surface area contributed by atoms with E-state index >= 15 is 0 Å². The summed E-state index contributed by atoms with van der Waals surface area (Å²) in [7, 11) is 0. The molecule has 0 aliphatic carbocycles. The molecule has 2 unspecified atom stereocenters. The topological polar surface area (TPSA) is 61.4 Å². The molecular weight excluding hydrogens is 276 g/mol. The van der Waals surface area contributed by atoms with Crippen LogP contribution in [0.15, 0.2) is 24.3 Å². The van der Waals surface area contributed by atoms with Gasteiger partial charge in [-0.2, -0.15) is 0 Å². The van der Waals surface area contributed by atoms with E-state index in [1.165, 1.54) is 0 Å². The molecule has 0 aromatic heterocycles. The molecule has 2 atom stereocenters. The van der Waals surface area contributed by atoms with E-state index < -0.39 is 6.04 Å². The fourth-order valence-electron chi connectivity index (χ4n) is 1.54. The fourth-order valence-corrected chi connectivity index (χ4v) is 1.67. The van der Waals surface area contributed by atoms with Crippen molar-refractivity contribution in [1.29, 1.82) is 0 Å². The summed E-state index contributed by atoms with van der Waals surface area (Å²) in [6.07, 6.45) is 0. The van der Waals surface area contributed by atoms with Crippen molar-refractivity contribution in [3.05, 3.63) is 34.9 Å². The maximum Gasteiger partial charge on any atom is 0.315 e. The lowest BCUT2D eigenvalue weighted by atomic mass is 9.88. The van der Waals surface area contributed by atoms with E-state index in [2.05, 4.69) is 31.4 Å². The Morgan fingerprint density at radius 2 is 1.80 bits per heavy atom. The molecule has 4 nitrogen and oxygen atoms in total. The average molecular weight is 299 g/mol. The number of hydrogen-bond donors (Lipinski definition) is 3. The number of aliphatic hydroxyl groups excluding tert-OH is 1. The number of aliphatic hydroxyl groups is 1. The largest absolute Gasteiger partial charge is 0.394 e. The molecule has 0 aliphatic rings. The van der Waals surface area contributed by atoms with Gasteiger partial charge >= 0.3 is 6.03 Å². The summed E-state index contributed by atoms with van der Waals surface area (Å²) in [5.74, 6) is 0. The summed E-state index contributed by atoms with van der Waals surface area (Å²) in [4.78, 5) is 12.0. The van der Waals surface area contributed by atoms with Gasteiger partial charge in [-0.15, -0.1) is 0 Å². The van der Waals surface area contributed by atoms with Gasteiger partial charge in [0.05, 0.1) is 12.6 Å². The highest BCUT2D eigenvalue weighted by Crippen LogP contribution is 2.19. The Morgan fingerprint density at radius 3 is 2.25 bits per heavy atom. The first-order valence-corrected chi connectivity index (χ1v) is 7.05. The van der Waals surface area contributed by atoms with Crippen LogP contribution in [0.2, 0.25) is 5.02 Å². The molecule has 0 heterocycles. The van der Waals surface area contributed by atoms with Gasteiger partial charge in [0.15, 0.2) is 0 Å². The van der Waals surface area contributed by atoms with Crippen LogP contribution in [0.5, 0.6) is 0 Å². The second kappa shape index (κ2) is 6.95. The minimum atomic E-state index is -0.445. The van der Waals surface area contributed by atoms with E-state index in [0.717, 1.165) is 5.56 Å². The van der Waals surface area contributed by atoms with Crippen molar-refractivity contribution in [2.24, 2.45) is 5.41 Å². The van der Waals surface area contributed by atoms with Crippen molar-refractivity contribution in [2.75, 3.05) is 6.61 Å². The van der Waals surface area contributed by atoms with E-state index in [0.29, 0.717) is 5.02 Å². The van der Waals surface area contributed by atoms with Crippen LogP contribution < -0.4 is 10.6 Å². The van der Waals surface area contributed by atoms with Crippen molar-refractivity contribution >= 4 is 17.6 Å². The van der Waals surface area contributed by atoms with Crippen LogP contribution in [0.1, 0.15) is 39.3 Å². The van der Waals surface area contributed by atoms with Crippen LogP contribution in [0.4, 0.5) is 4.79 Å². The van der Waals surface area contributed by atoms with E-state index in [1.54, 1.807) is 24.3 Å². The number of urea groups is 1. The number of carbonyl (C=O) groups excluding carboxylic acids is 1. The zero-order valence-corrected chi connectivity index (χ0v) is 13.2. The molecule has 3 N–H and O–H groups in total. The Morgan fingerprint density at radius 1 is 1.25 bits per heavy atom. The third-order valence-corrected chi connectivity index (χ3v) is 3.66. The number of hydrogen-bond acceptors (Lipinski definition) is 2. The maximum atomic E-state index is 12.0. The third kappa shape index (κ3) is 5.02. The molecule has 0 bridgehead atoms. The predicted octanol–water partition coefficient (Wildman–Crippen LogP) is 3.11. The molecule has 1 aromatic carbocycles. The normalized spacial score (nSPS) is 14.5. The maximum absolute atomic E-state index is 12.0. The SMILES string of the molecule is CC(NC(=O)NC(CO)c1ccc(Cl)cc1)C(C)(C)C. The second-order valence-electron chi connectivity index (χ2n) is 5.99. The highest BCUT2D eigenvalue weighted by atomic mass is 35.5. The molecule has 112 valence electrons. The fraction of sp³-hybridized carbons (Fsp3) is 0.533. The summed E-state index contributed by atoms with van der Waals surface area (Å²) in [5, 5.41) is 15.7. The van der Waals surface area contributed by atoms with Crippen LogP contribution in [-0.2, 0) is 0 Å². The van der Waals surface area contributed by atoms with Crippen LogP contribution >= 0.6 is 11.6 Å². The van der Waals surface area contributed by atoms with Gasteiger partial charge in [0, 0.05) is 11.1 Å². The minimum absolute atomic E-state index is 0.0204.